The number of aromatic hydroxyl groups is 1. The fourth-order valence-corrected chi connectivity index (χ4v) is 7.09. The van der Waals surface area contributed by atoms with Gasteiger partial charge in [-0.1, -0.05) is 43.5 Å². The summed E-state index contributed by atoms with van der Waals surface area (Å²) in [5, 5.41) is 28.0. The van der Waals surface area contributed by atoms with Crippen molar-refractivity contribution in [3.05, 3.63) is 59.7 Å². The lowest BCUT2D eigenvalue weighted by Crippen LogP contribution is -2.60. The standard InChI is InChI=1S/C32H45N3O4S/c1-21-25(15-10-16-28(21)36)30(38)33-26(20-40-24-13-6-5-7-14-24)29(37)19-35-18-23-12-9-8-11-22(23)17-27(35)31(39)34-32(2,3)4/h5-7,10,13-16,22-23,26-27,29,36-37H,8-9,11-12,17-20H2,1-4H3,(H,33,38)(H,34,39)/t22?,23?,26-,27?,29+/m0/s1. The molecule has 0 bridgehead atoms. The molecule has 1 aliphatic heterocycles. The number of aliphatic hydroxyl groups is 1. The number of nitrogens with zero attached hydrogens (tertiary/aromatic N) is 1. The first-order chi connectivity index (χ1) is 19.0. The highest BCUT2D eigenvalue weighted by atomic mass is 32.2. The number of carbonyl (C=O) groups is 2. The number of phenolic OH excluding ortho intramolecular Hbond substituents is 1. The third kappa shape index (κ3) is 8.02. The Bertz CT molecular complexity index is 1150. The molecule has 2 aromatic carbocycles. The molecule has 1 saturated heterocycles. The van der Waals surface area contributed by atoms with Crippen molar-refractivity contribution >= 4 is 23.6 Å². The van der Waals surface area contributed by atoms with E-state index in [1.165, 1.54) is 12.8 Å². The van der Waals surface area contributed by atoms with Crippen LogP contribution in [0.25, 0.3) is 0 Å². The zero-order valence-corrected chi connectivity index (χ0v) is 25.0. The number of likely N-dealkylation sites (tertiary alicyclic amines) is 1. The van der Waals surface area contributed by atoms with E-state index in [1.807, 2.05) is 51.1 Å². The molecule has 1 heterocycles. The molecule has 0 aromatic heterocycles. The van der Waals surface area contributed by atoms with Crippen LogP contribution in [0.15, 0.2) is 53.4 Å². The molecule has 2 aromatic rings. The Morgan fingerprint density at radius 3 is 2.45 bits per heavy atom. The number of nitrogens with one attached hydrogen (secondary N) is 2. The first-order valence-corrected chi connectivity index (χ1v) is 15.5. The number of phenols is 1. The number of aliphatic hydroxyl groups excluding tert-OH is 1. The van der Waals surface area contributed by atoms with Gasteiger partial charge in [0.15, 0.2) is 0 Å². The molecule has 0 radical (unpaired) electrons. The summed E-state index contributed by atoms with van der Waals surface area (Å²) in [4.78, 5) is 30.0. The molecule has 1 aliphatic carbocycles. The van der Waals surface area contributed by atoms with Crippen LogP contribution in [0.2, 0.25) is 0 Å². The number of rotatable bonds is 9. The van der Waals surface area contributed by atoms with Crippen LogP contribution < -0.4 is 10.6 Å². The van der Waals surface area contributed by atoms with Gasteiger partial charge in [-0.25, -0.2) is 0 Å². The predicted molar refractivity (Wildman–Crippen MR) is 161 cm³/mol. The van der Waals surface area contributed by atoms with E-state index in [4.69, 9.17) is 0 Å². The van der Waals surface area contributed by atoms with Gasteiger partial charge in [0.25, 0.3) is 5.91 Å². The Morgan fingerprint density at radius 1 is 1.05 bits per heavy atom. The second-order valence-electron chi connectivity index (χ2n) is 12.5. The number of hydrogen-bond donors (Lipinski definition) is 4. The van der Waals surface area contributed by atoms with Gasteiger partial charge in [-0.15, -0.1) is 11.8 Å². The normalized spacial score (nSPS) is 23.1. The van der Waals surface area contributed by atoms with E-state index < -0.39 is 12.1 Å². The fraction of sp³-hybridized carbons (Fsp3) is 0.562. The van der Waals surface area contributed by atoms with Gasteiger partial charge in [0, 0.05) is 40.4 Å². The monoisotopic (exact) mass is 567 g/mol. The molecule has 4 rings (SSSR count). The largest absolute Gasteiger partial charge is 0.508 e. The molecule has 2 fully saturated rings. The molecular weight excluding hydrogens is 522 g/mol. The zero-order valence-electron chi connectivity index (χ0n) is 24.2. The average Bonchev–Trinajstić information content (AvgIpc) is 2.91. The summed E-state index contributed by atoms with van der Waals surface area (Å²) in [6.45, 7) is 8.76. The number of benzene rings is 2. The molecule has 7 nitrogen and oxygen atoms in total. The van der Waals surface area contributed by atoms with E-state index in [2.05, 4.69) is 15.5 Å². The Balaban J connectivity index is 1.54. The maximum Gasteiger partial charge on any atom is 0.252 e. The number of carbonyl (C=O) groups excluding carboxylic acids is 2. The summed E-state index contributed by atoms with van der Waals surface area (Å²) in [7, 11) is 0. The molecule has 0 spiro atoms. The molecular formula is C32H45N3O4S. The van der Waals surface area contributed by atoms with E-state index in [1.54, 1.807) is 36.9 Å². The van der Waals surface area contributed by atoms with Crippen LogP contribution in [-0.4, -0.2) is 69.5 Å². The second kappa shape index (κ2) is 13.4. The summed E-state index contributed by atoms with van der Waals surface area (Å²) in [5.41, 5.74) is 0.543. The van der Waals surface area contributed by atoms with E-state index in [0.717, 1.165) is 30.7 Å². The van der Waals surface area contributed by atoms with E-state index in [0.29, 0.717) is 35.3 Å². The van der Waals surface area contributed by atoms with Crippen LogP contribution in [0, 0.1) is 18.8 Å². The van der Waals surface area contributed by atoms with Crippen LogP contribution in [0.3, 0.4) is 0 Å². The summed E-state index contributed by atoms with van der Waals surface area (Å²) < 4.78 is 0. The lowest BCUT2D eigenvalue weighted by atomic mass is 9.72. The van der Waals surface area contributed by atoms with Crippen molar-refractivity contribution in [2.45, 2.75) is 88.4 Å². The maximum absolute atomic E-state index is 13.5. The number of piperidine rings is 1. The SMILES string of the molecule is Cc1c(O)cccc1C(=O)N[C@@H](CSc1ccccc1)[C@H](O)CN1CC2CCCCC2CC1C(=O)NC(C)(C)C. The van der Waals surface area contributed by atoms with Crippen molar-refractivity contribution in [1.29, 1.82) is 0 Å². The predicted octanol–water partition coefficient (Wildman–Crippen LogP) is 4.75. The van der Waals surface area contributed by atoms with Crippen LogP contribution in [-0.2, 0) is 4.79 Å². The average molecular weight is 568 g/mol. The summed E-state index contributed by atoms with van der Waals surface area (Å²) in [6, 6.07) is 13.9. The number of fused-ring (bicyclic) bond motifs is 1. The van der Waals surface area contributed by atoms with Crippen molar-refractivity contribution in [2.75, 3.05) is 18.8 Å². The quantitative estimate of drug-likeness (QED) is 0.327. The molecule has 3 unspecified atom stereocenters. The van der Waals surface area contributed by atoms with E-state index in [9.17, 15) is 19.8 Å². The molecule has 218 valence electrons. The van der Waals surface area contributed by atoms with Crippen LogP contribution in [0.1, 0.15) is 68.8 Å². The third-order valence-corrected chi connectivity index (χ3v) is 9.36. The summed E-state index contributed by atoms with van der Waals surface area (Å²) in [5.74, 6) is 1.27. The number of hydrogen-bond acceptors (Lipinski definition) is 6. The van der Waals surface area contributed by atoms with Gasteiger partial charge in [-0.2, -0.15) is 0 Å². The highest BCUT2D eigenvalue weighted by Gasteiger charge is 2.41. The molecule has 4 N–H and O–H groups in total. The van der Waals surface area contributed by atoms with Gasteiger partial charge in [0.2, 0.25) is 5.91 Å². The van der Waals surface area contributed by atoms with Crippen molar-refractivity contribution in [2.24, 2.45) is 11.8 Å². The van der Waals surface area contributed by atoms with Gasteiger partial charge < -0.3 is 20.8 Å². The minimum atomic E-state index is -0.886. The summed E-state index contributed by atoms with van der Waals surface area (Å²) in [6.07, 6.45) is 4.67. The molecule has 2 amide bonds. The van der Waals surface area contributed by atoms with E-state index in [-0.39, 0.29) is 29.1 Å². The van der Waals surface area contributed by atoms with Gasteiger partial charge in [-0.05, 0) is 76.6 Å². The van der Waals surface area contributed by atoms with Gasteiger partial charge in [0.1, 0.15) is 5.75 Å². The van der Waals surface area contributed by atoms with Gasteiger partial charge >= 0.3 is 0 Å². The Hall–Kier alpha value is -2.55. The topological polar surface area (TPSA) is 102 Å². The van der Waals surface area contributed by atoms with Crippen molar-refractivity contribution in [3.63, 3.8) is 0 Å². The lowest BCUT2D eigenvalue weighted by Gasteiger charge is -2.47. The second-order valence-corrected chi connectivity index (χ2v) is 13.6. The van der Waals surface area contributed by atoms with Crippen molar-refractivity contribution in [3.8, 4) is 5.75 Å². The summed E-state index contributed by atoms with van der Waals surface area (Å²) >= 11 is 1.57. The maximum atomic E-state index is 13.5. The molecule has 40 heavy (non-hydrogen) atoms. The highest BCUT2D eigenvalue weighted by molar-refractivity contribution is 7.99. The van der Waals surface area contributed by atoms with E-state index >= 15 is 0 Å². The Kier molecular flexibility index (Phi) is 10.2. The number of amides is 2. The first kappa shape index (κ1) is 30.4. The Labute approximate surface area is 243 Å². The van der Waals surface area contributed by atoms with Gasteiger partial charge in [-0.3, -0.25) is 14.5 Å². The minimum Gasteiger partial charge on any atom is -0.508 e. The molecule has 8 heteroatoms. The molecule has 2 aliphatic rings. The van der Waals surface area contributed by atoms with Gasteiger partial charge in [0.05, 0.1) is 18.2 Å². The third-order valence-electron chi connectivity index (χ3n) is 8.23. The fourth-order valence-electron chi connectivity index (χ4n) is 6.06. The van der Waals surface area contributed by atoms with Crippen LogP contribution in [0.5, 0.6) is 5.75 Å². The Morgan fingerprint density at radius 2 is 1.75 bits per heavy atom. The zero-order chi connectivity index (χ0) is 28.9. The number of thioether (sulfide) groups is 1. The number of β-amino-alcohol motifs (C(OH)–C–C–N with tert-alkyl or cyclic N) is 1. The first-order valence-electron chi connectivity index (χ1n) is 14.5. The van der Waals surface area contributed by atoms with Crippen molar-refractivity contribution < 1.29 is 19.8 Å². The van der Waals surface area contributed by atoms with Crippen LogP contribution in [0.4, 0.5) is 0 Å². The van der Waals surface area contributed by atoms with Crippen LogP contribution >= 0.6 is 11.8 Å². The molecule has 5 atom stereocenters. The minimum absolute atomic E-state index is 0.0124. The van der Waals surface area contributed by atoms with Crippen molar-refractivity contribution in [1.82, 2.24) is 15.5 Å². The lowest BCUT2D eigenvalue weighted by molar-refractivity contribution is -0.132. The smallest absolute Gasteiger partial charge is 0.252 e. The molecule has 1 saturated carbocycles. The highest BCUT2D eigenvalue weighted by Crippen LogP contribution is 2.39.